The predicted molar refractivity (Wildman–Crippen MR) is 84.2 cm³/mol. The van der Waals surface area contributed by atoms with Gasteiger partial charge in [-0.1, -0.05) is 33.8 Å². The molecule has 0 aromatic heterocycles. The van der Waals surface area contributed by atoms with E-state index in [0.29, 0.717) is 11.8 Å². The van der Waals surface area contributed by atoms with E-state index in [1.807, 2.05) is 12.1 Å². The monoisotopic (exact) mass is 279 g/mol. The maximum Gasteiger partial charge on any atom is 0.137 e. The van der Waals surface area contributed by atoms with Crippen LogP contribution < -0.4 is 10.5 Å². The molecule has 0 spiro atoms. The van der Waals surface area contributed by atoms with E-state index in [1.54, 1.807) is 0 Å². The molecule has 1 rings (SSSR count). The van der Waals surface area contributed by atoms with Crippen LogP contribution in [-0.2, 0) is 0 Å². The fourth-order valence-corrected chi connectivity index (χ4v) is 2.50. The van der Waals surface area contributed by atoms with Gasteiger partial charge in [0.05, 0.1) is 6.61 Å². The van der Waals surface area contributed by atoms with E-state index in [1.165, 1.54) is 11.1 Å². The molecule has 1 aromatic carbocycles. The lowest BCUT2D eigenvalue weighted by atomic mass is 9.98. The third kappa shape index (κ3) is 4.80. The summed E-state index contributed by atoms with van der Waals surface area (Å²) in [5.41, 5.74) is 8.65. The Morgan fingerprint density at radius 2 is 1.85 bits per heavy atom. The number of nitrogens with two attached hydrogens (primary N) is 1. The molecular weight excluding hydrogens is 250 g/mol. The van der Waals surface area contributed by atoms with Crippen molar-refractivity contribution in [3.63, 3.8) is 0 Å². The molecule has 114 valence electrons. The molecule has 20 heavy (non-hydrogen) atoms. The van der Waals surface area contributed by atoms with Gasteiger partial charge in [-0.25, -0.2) is 0 Å². The van der Waals surface area contributed by atoms with Gasteiger partial charge in [-0.2, -0.15) is 0 Å². The lowest BCUT2D eigenvalue weighted by Crippen LogP contribution is -2.42. The molecule has 3 N–H and O–H groups in total. The molecule has 0 aliphatic carbocycles. The van der Waals surface area contributed by atoms with Gasteiger partial charge in [-0.05, 0) is 48.4 Å². The number of hydrogen-bond acceptors (Lipinski definition) is 3. The maximum absolute atomic E-state index is 9.48. The van der Waals surface area contributed by atoms with Crippen LogP contribution in [0.25, 0.3) is 0 Å². The molecule has 0 fully saturated rings. The normalized spacial score (nSPS) is 14.7. The number of hydrogen-bond donors (Lipinski definition) is 2. The summed E-state index contributed by atoms with van der Waals surface area (Å²) in [4.78, 5) is 0. The van der Waals surface area contributed by atoms with E-state index < -0.39 is 0 Å². The first kappa shape index (κ1) is 17.0. The Labute approximate surface area is 123 Å². The average molecular weight is 279 g/mol. The number of benzene rings is 1. The first-order valence-electron chi connectivity index (χ1n) is 7.48. The second-order valence-electron chi connectivity index (χ2n) is 6.31. The Bertz CT molecular complexity index is 415. The van der Waals surface area contributed by atoms with Gasteiger partial charge in [0.1, 0.15) is 11.9 Å². The first-order valence-corrected chi connectivity index (χ1v) is 7.48. The van der Waals surface area contributed by atoms with Crippen molar-refractivity contribution in [3.05, 3.63) is 29.3 Å². The van der Waals surface area contributed by atoms with Crippen molar-refractivity contribution in [2.45, 2.75) is 59.1 Å². The minimum absolute atomic E-state index is 0.0567. The molecule has 0 saturated carbocycles. The Balaban J connectivity index is 2.77. The highest BCUT2D eigenvalue weighted by molar-refractivity contribution is 5.36. The number of aliphatic hydroxyl groups excluding tert-OH is 1. The standard InChI is InChI=1S/C17H29NO2/c1-11(2)8-16(18)17(10-19)20-14-6-7-15(12(3)4)13(5)9-14/h6-7,9,11-12,16-17,19H,8,10,18H2,1-5H3. The van der Waals surface area contributed by atoms with Crippen LogP contribution in [0.15, 0.2) is 18.2 Å². The quantitative estimate of drug-likeness (QED) is 0.805. The van der Waals surface area contributed by atoms with Crippen molar-refractivity contribution >= 4 is 0 Å². The summed E-state index contributed by atoms with van der Waals surface area (Å²) in [6, 6.07) is 5.94. The zero-order chi connectivity index (χ0) is 15.3. The van der Waals surface area contributed by atoms with Gasteiger partial charge in [0.15, 0.2) is 0 Å². The molecule has 3 heteroatoms. The van der Waals surface area contributed by atoms with Gasteiger partial charge in [-0.3, -0.25) is 0 Å². The highest BCUT2D eigenvalue weighted by Crippen LogP contribution is 2.24. The van der Waals surface area contributed by atoms with Gasteiger partial charge >= 0.3 is 0 Å². The Morgan fingerprint density at radius 1 is 1.20 bits per heavy atom. The minimum Gasteiger partial charge on any atom is -0.486 e. The van der Waals surface area contributed by atoms with Crippen molar-refractivity contribution < 1.29 is 9.84 Å². The van der Waals surface area contributed by atoms with Crippen molar-refractivity contribution in [1.82, 2.24) is 0 Å². The highest BCUT2D eigenvalue weighted by atomic mass is 16.5. The molecule has 3 nitrogen and oxygen atoms in total. The summed E-state index contributed by atoms with van der Waals surface area (Å²) in [6.45, 7) is 10.6. The molecular formula is C17H29NO2. The predicted octanol–water partition coefficient (Wildman–Crippen LogP) is 3.23. The Morgan fingerprint density at radius 3 is 2.30 bits per heavy atom. The third-order valence-corrected chi connectivity index (χ3v) is 3.55. The molecule has 1 aromatic rings. The first-order chi connectivity index (χ1) is 9.35. The Hall–Kier alpha value is -1.06. The number of rotatable bonds is 7. The molecule has 2 unspecified atom stereocenters. The van der Waals surface area contributed by atoms with Crippen LogP contribution in [0.5, 0.6) is 5.75 Å². The van der Waals surface area contributed by atoms with Crippen molar-refractivity contribution in [2.75, 3.05) is 6.61 Å². The van der Waals surface area contributed by atoms with Crippen LogP contribution in [0.1, 0.15) is 51.2 Å². The zero-order valence-electron chi connectivity index (χ0n) is 13.4. The van der Waals surface area contributed by atoms with E-state index in [-0.39, 0.29) is 18.8 Å². The Kier molecular flexibility index (Phi) is 6.50. The lowest BCUT2D eigenvalue weighted by Gasteiger charge is -2.25. The van der Waals surface area contributed by atoms with Crippen molar-refractivity contribution in [3.8, 4) is 5.75 Å². The van der Waals surface area contributed by atoms with Crippen LogP contribution in [0.2, 0.25) is 0 Å². The molecule has 0 bridgehead atoms. The van der Waals surface area contributed by atoms with Crippen LogP contribution in [0.3, 0.4) is 0 Å². The number of aliphatic hydroxyl groups is 1. The van der Waals surface area contributed by atoms with Gasteiger partial charge in [-0.15, -0.1) is 0 Å². The van der Waals surface area contributed by atoms with E-state index in [0.717, 1.165) is 12.2 Å². The molecule has 0 heterocycles. The van der Waals surface area contributed by atoms with Gasteiger partial charge in [0.25, 0.3) is 0 Å². The highest BCUT2D eigenvalue weighted by Gasteiger charge is 2.20. The number of ether oxygens (including phenoxy) is 1. The average Bonchev–Trinajstić information content (AvgIpc) is 2.34. The minimum atomic E-state index is -0.346. The fourth-order valence-electron chi connectivity index (χ4n) is 2.50. The summed E-state index contributed by atoms with van der Waals surface area (Å²) >= 11 is 0. The van der Waals surface area contributed by atoms with E-state index >= 15 is 0 Å². The summed E-state index contributed by atoms with van der Waals surface area (Å²) in [5.74, 6) is 1.78. The van der Waals surface area contributed by atoms with Crippen LogP contribution >= 0.6 is 0 Å². The van der Waals surface area contributed by atoms with E-state index in [4.69, 9.17) is 10.5 Å². The topological polar surface area (TPSA) is 55.5 Å². The van der Waals surface area contributed by atoms with Gasteiger partial charge in [0, 0.05) is 6.04 Å². The molecule has 0 aliphatic heterocycles. The van der Waals surface area contributed by atoms with Gasteiger partial charge < -0.3 is 15.6 Å². The molecule has 0 aliphatic rings. The van der Waals surface area contributed by atoms with Crippen molar-refractivity contribution in [1.29, 1.82) is 0 Å². The van der Waals surface area contributed by atoms with E-state index in [9.17, 15) is 5.11 Å². The summed E-state index contributed by atoms with van der Waals surface area (Å²) in [7, 11) is 0. The van der Waals surface area contributed by atoms with Crippen LogP contribution in [-0.4, -0.2) is 23.9 Å². The summed E-state index contributed by atoms with van der Waals surface area (Å²) in [6.07, 6.45) is 0.496. The molecule has 0 amide bonds. The largest absolute Gasteiger partial charge is 0.486 e. The van der Waals surface area contributed by atoms with E-state index in [2.05, 4.69) is 40.7 Å². The summed E-state index contributed by atoms with van der Waals surface area (Å²) in [5, 5.41) is 9.48. The lowest BCUT2D eigenvalue weighted by molar-refractivity contribution is 0.0881. The maximum atomic E-state index is 9.48. The molecule has 0 saturated heterocycles. The van der Waals surface area contributed by atoms with Gasteiger partial charge in [0.2, 0.25) is 0 Å². The molecule has 0 radical (unpaired) electrons. The fraction of sp³-hybridized carbons (Fsp3) is 0.647. The molecule has 2 atom stereocenters. The zero-order valence-corrected chi connectivity index (χ0v) is 13.4. The van der Waals surface area contributed by atoms with Crippen LogP contribution in [0.4, 0.5) is 0 Å². The van der Waals surface area contributed by atoms with Crippen LogP contribution in [0, 0.1) is 12.8 Å². The van der Waals surface area contributed by atoms with Crippen molar-refractivity contribution in [2.24, 2.45) is 11.7 Å². The number of aryl methyl sites for hydroxylation is 1. The SMILES string of the molecule is Cc1cc(OC(CO)C(N)CC(C)C)ccc1C(C)C. The third-order valence-electron chi connectivity index (χ3n) is 3.55. The second kappa shape index (κ2) is 7.65. The smallest absolute Gasteiger partial charge is 0.137 e. The second-order valence-corrected chi connectivity index (χ2v) is 6.31. The summed E-state index contributed by atoms with van der Waals surface area (Å²) < 4.78 is 5.87.